The summed E-state index contributed by atoms with van der Waals surface area (Å²) in [4.78, 5) is 27.3. The lowest BCUT2D eigenvalue weighted by Gasteiger charge is -2.09. The van der Waals surface area contributed by atoms with Crippen molar-refractivity contribution in [2.75, 3.05) is 5.32 Å². The van der Waals surface area contributed by atoms with Crippen molar-refractivity contribution < 1.29 is 19.2 Å². The molecule has 0 aliphatic heterocycles. The number of carboxylic acids is 1. The molecule has 0 fully saturated rings. The molecule has 2 rings (SSSR count). The molecule has 7 heteroatoms. The van der Waals surface area contributed by atoms with E-state index in [-0.39, 0.29) is 18.2 Å². The normalized spacial score (nSPS) is 12.2. The van der Waals surface area contributed by atoms with Gasteiger partial charge in [0.25, 0.3) is 0 Å². The molecule has 0 saturated carbocycles. The van der Waals surface area contributed by atoms with Crippen LogP contribution in [0.1, 0.15) is 56.3 Å². The zero-order chi connectivity index (χ0) is 17.7. The highest BCUT2D eigenvalue weighted by Crippen LogP contribution is 2.19. The number of nitrogens with zero attached hydrogens (tertiary/aromatic N) is 2. The van der Waals surface area contributed by atoms with Crippen molar-refractivity contribution in [1.29, 1.82) is 0 Å². The third-order valence-corrected chi connectivity index (χ3v) is 3.61. The maximum absolute atomic E-state index is 12.0. The minimum atomic E-state index is -0.907. The first-order chi connectivity index (χ1) is 11.4. The average Bonchev–Trinajstić information content (AvgIpc) is 3.01. The zero-order valence-corrected chi connectivity index (χ0v) is 13.9. The topological polar surface area (TPSA) is 105 Å². The lowest BCUT2D eigenvalue weighted by molar-refractivity contribution is -0.138. The average molecular weight is 331 g/mol. The van der Waals surface area contributed by atoms with E-state index in [4.69, 9.17) is 9.63 Å². The van der Waals surface area contributed by atoms with Gasteiger partial charge in [-0.25, -0.2) is 0 Å². The van der Waals surface area contributed by atoms with E-state index in [9.17, 15) is 9.59 Å². The Balaban J connectivity index is 1.92. The monoisotopic (exact) mass is 331 g/mol. The van der Waals surface area contributed by atoms with Crippen LogP contribution in [0.2, 0.25) is 0 Å². The van der Waals surface area contributed by atoms with Gasteiger partial charge in [-0.15, -0.1) is 0 Å². The molecule has 0 aliphatic rings. The Hall–Kier alpha value is -2.70. The van der Waals surface area contributed by atoms with Crippen molar-refractivity contribution in [3.05, 3.63) is 41.5 Å². The molecule has 0 aliphatic carbocycles. The second-order valence-corrected chi connectivity index (χ2v) is 5.93. The van der Waals surface area contributed by atoms with E-state index in [0.717, 1.165) is 0 Å². The maximum atomic E-state index is 12.0. The highest BCUT2D eigenvalue weighted by atomic mass is 16.5. The van der Waals surface area contributed by atoms with E-state index in [0.29, 0.717) is 29.4 Å². The number of aryl methyl sites for hydroxylation is 1. The van der Waals surface area contributed by atoms with Crippen LogP contribution in [0.5, 0.6) is 0 Å². The number of carbonyl (C=O) groups excluding carboxylic acids is 1. The van der Waals surface area contributed by atoms with E-state index >= 15 is 0 Å². The third-order valence-electron chi connectivity index (χ3n) is 3.61. The summed E-state index contributed by atoms with van der Waals surface area (Å²) in [7, 11) is 0. The molecular formula is C17H21N3O4. The Labute approximate surface area is 140 Å². The molecule has 128 valence electrons. The number of amides is 1. The van der Waals surface area contributed by atoms with E-state index in [1.807, 2.05) is 13.8 Å². The van der Waals surface area contributed by atoms with Crippen LogP contribution >= 0.6 is 0 Å². The lowest BCUT2D eigenvalue weighted by atomic mass is 10.0. The first-order valence-corrected chi connectivity index (χ1v) is 7.82. The summed E-state index contributed by atoms with van der Waals surface area (Å²) < 4.78 is 5.10. The number of aromatic nitrogens is 2. The summed E-state index contributed by atoms with van der Waals surface area (Å²) >= 11 is 0. The predicted octanol–water partition coefficient (Wildman–Crippen LogP) is 2.95. The Morgan fingerprint density at radius 3 is 2.67 bits per heavy atom. The van der Waals surface area contributed by atoms with Gasteiger partial charge in [0.2, 0.25) is 11.8 Å². The fourth-order valence-corrected chi connectivity index (χ4v) is 2.08. The van der Waals surface area contributed by atoms with Gasteiger partial charge in [0.05, 0.1) is 5.92 Å². The number of hydrogen-bond donors (Lipinski definition) is 2. The number of hydrogen-bond acceptors (Lipinski definition) is 5. The molecule has 2 aromatic rings. The second kappa shape index (κ2) is 7.72. The fraction of sp³-hybridized carbons (Fsp3) is 0.412. The predicted molar refractivity (Wildman–Crippen MR) is 87.8 cm³/mol. The Morgan fingerprint density at radius 1 is 1.29 bits per heavy atom. The van der Waals surface area contributed by atoms with Crippen LogP contribution in [0, 0.1) is 0 Å². The molecule has 1 aromatic heterocycles. The smallest absolute Gasteiger partial charge is 0.310 e. The molecule has 7 nitrogen and oxygen atoms in total. The van der Waals surface area contributed by atoms with Gasteiger partial charge in [-0.1, -0.05) is 31.1 Å². The highest BCUT2D eigenvalue weighted by molar-refractivity contribution is 5.91. The quantitative estimate of drug-likeness (QED) is 0.808. The van der Waals surface area contributed by atoms with Crippen molar-refractivity contribution in [2.45, 2.75) is 45.4 Å². The number of carboxylic acid groups (broad SMARTS) is 1. The summed E-state index contributed by atoms with van der Waals surface area (Å²) in [5.74, 6) is -0.497. The fourth-order valence-electron chi connectivity index (χ4n) is 2.08. The molecule has 1 atom stereocenters. The standard InChI is InChI=1S/C17H21N3O4/c1-10(2)16-19-15(24-20-16)8-7-14(21)18-13-6-4-5-12(9-13)11(3)17(22)23/h4-6,9-11H,7-8H2,1-3H3,(H,18,21)(H,22,23). The maximum Gasteiger partial charge on any atom is 0.310 e. The van der Waals surface area contributed by atoms with Gasteiger partial charge < -0.3 is 14.9 Å². The number of carbonyl (C=O) groups is 2. The molecular weight excluding hydrogens is 310 g/mol. The number of anilines is 1. The first kappa shape index (κ1) is 17.7. The van der Waals surface area contributed by atoms with Crippen LogP contribution in [-0.4, -0.2) is 27.1 Å². The molecule has 24 heavy (non-hydrogen) atoms. The van der Waals surface area contributed by atoms with E-state index in [1.165, 1.54) is 0 Å². The van der Waals surface area contributed by atoms with Crippen molar-refractivity contribution in [3.63, 3.8) is 0 Å². The van der Waals surface area contributed by atoms with Crippen molar-refractivity contribution in [1.82, 2.24) is 10.1 Å². The second-order valence-electron chi connectivity index (χ2n) is 5.93. The van der Waals surface area contributed by atoms with Gasteiger partial charge in [0.1, 0.15) is 0 Å². The Morgan fingerprint density at radius 2 is 2.04 bits per heavy atom. The molecule has 0 spiro atoms. The minimum Gasteiger partial charge on any atom is -0.481 e. The van der Waals surface area contributed by atoms with Crippen LogP contribution < -0.4 is 5.32 Å². The Kier molecular flexibility index (Phi) is 5.68. The van der Waals surface area contributed by atoms with Gasteiger partial charge in [0.15, 0.2) is 5.82 Å². The number of rotatable bonds is 7. The van der Waals surface area contributed by atoms with Gasteiger partial charge in [-0.3, -0.25) is 9.59 Å². The number of nitrogens with one attached hydrogen (secondary N) is 1. The number of aliphatic carboxylic acids is 1. The molecule has 1 aromatic carbocycles. The van der Waals surface area contributed by atoms with Gasteiger partial charge in [-0.2, -0.15) is 4.98 Å². The summed E-state index contributed by atoms with van der Waals surface area (Å²) in [6.07, 6.45) is 0.565. The van der Waals surface area contributed by atoms with Crippen LogP contribution in [0.15, 0.2) is 28.8 Å². The molecule has 0 saturated heterocycles. The van der Waals surface area contributed by atoms with E-state index in [1.54, 1.807) is 31.2 Å². The van der Waals surface area contributed by atoms with E-state index in [2.05, 4.69) is 15.5 Å². The van der Waals surface area contributed by atoms with E-state index < -0.39 is 11.9 Å². The van der Waals surface area contributed by atoms with Crippen molar-refractivity contribution >= 4 is 17.6 Å². The van der Waals surface area contributed by atoms with Crippen LogP contribution in [-0.2, 0) is 16.0 Å². The molecule has 0 bridgehead atoms. The minimum absolute atomic E-state index is 0.176. The molecule has 1 heterocycles. The third kappa shape index (κ3) is 4.65. The summed E-state index contributed by atoms with van der Waals surface area (Å²) in [6.45, 7) is 5.53. The summed E-state index contributed by atoms with van der Waals surface area (Å²) in [5.41, 5.74) is 1.21. The SMILES string of the molecule is CC(C)c1noc(CCC(=O)Nc2cccc(C(C)C(=O)O)c2)n1. The number of benzene rings is 1. The van der Waals surface area contributed by atoms with Crippen LogP contribution in [0.25, 0.3) is 0 Å². The van der Waals surface area contributed by atoms with Crippen LogP contribution in [0.3, 0.4) is 0 Å². The Bertz CT molecular complexity index is 724. The molecule has 2 N–H and O–H groups in total. The zero-order valence-electron chi connectivity index (χ0n) is 13.9. The van der Waals surface area contributed by atoms with Gasteiger partial charge in [0, 0.05) is 24.4 Å². The summed E-state index contributed by atoms with van der Waals surface area (Å²) in [6, 6.07) is 6.83. The van der Waals surface area contributed by atoms with Crippen LogP contribution in [0.4, 0.5) is 5.69 Å². The molecule has 1 unspecified atom stereocenters. The van der Waals surface area contributed by atoms with Crippen molar-refractivity contribution in [3.8, 4) is 0 Å². The molecule has 0 radical (unpaired) electrons. The molecule has 1 amide bonds. The summed E-state index contributed by atoms with van der Waals surface area (Å²) in [5, 5.41) is 15.7. The first-order valence-electron chi connectivity index (χ1n) is 7.82. The van der Waals surface area contributed by atoms with Gasteiger partial charge in [-0.05, 0) is 24.6 Å². The van der Waals surface area contributed by atoms with Gasteiger partial charge >= 0.3 is 5.97 Å². The lowest BCUT2D eigenvalue weighted by Crippen LogP contribution is -2.13. The largest absolute Gasteiger partial charge is 0.481 e. The van der Waals surface area contributed by atoms with Crippen molar-refractivity contribution in [2.24, 2.45) is 0 Å². The highest BCUT2D eigenvalue weighted by Gasteiger charge is 2.15.